The van der Waals surface area contributed by atoms with E-state index in [4.69, 9.17) is 9.47 Å². The summed E-state index contributed by atoms with van der Waals surface area (Å²) in [5.74, 6) is -0.0391. The minimum atomic E-state index is -4.75. The number of carbonyl (C=O) groups excluding carboxylic acids is 1. The number of hydrogen-bond donors (Lipinski definition) is 1. The predicted molar refractivity (Wildman–Crippen MR) is 99.7 cm³/mol. The van der Waals surface area contributed by atoms with Crippen LogP contribution in [0, 0.1) is 0 Å². The maximum atomic E-state index is 12.5. The first-order chi connectivity index (χ1) is 13.7. The van der Waals surface area contributed by atoms with Crippen LogP contribution in [-0.4, -0.2) is 55.6 Å². The Bertz CT molecular complexity index is 724. The molecule has 1 heterocycles. The summed E-state index contributed by atoms with van der Waals surface area (Å²) in [4.78, 5) is 13.8. The van der Waals surface area contributed by atoms with E-state index < -0.39 is 12.0 Å². The fourth-order valence-electron chi connectivity index (χ4n) is 4.33. The molecule has 1 aromatic rings. The van der Waals surface area contributed by atoms with Crippen LogP contribution in [0.3, 0.4) is 0 Å². The normalized spacial score (nSPS) is 25.6. The van der Waals surface area contributed by atoms with Crippen LogP contribution in [0.15, 0.2) is 18.2 Å². The molecule has 0 aromatic heterocycles. The van der Waals surface area contributed by atoms with E-state index in [1.165, 1.54) is 26.2 Å². The molecule has 0 bridgehead atoms. The molecule has 0 radical (unpaired) electrons. The van der Waals surface area contributed by atoms with E-state index in [0.29, 0.717) is 32.0 Å². The molecule has 9 heteroatoms. The highest BCUT2D eigenvalue weighted by Crippen LogP contribution is 2.36. The van der Waals surface area contributed by atoms with E-state index in [0.717, 1.165) is 31.2 Å². The van der Waals surface area contributed by atoms with Crippen LogP contribution in [0.5, 0.6) is 11.5 Å². The molecule has 1 N–H and O–H groups in total. The summed E-state index contributed by atoms with van der Waals surface area (Å²) in [5, 5.41) is 3.04. The van der Waals surface area contributed by atoms with Crippen molar-refractivity contribution >= 4 is 5.91 Å². The first-order valence-electron chi connectivity index (χ1n) is 9.77. The number of amides is 1. The standard InChI is InChI=1S/C20H27F3N2O4/c1-14(26)24-18-5-3-4-8-19(18)13-25(9-10-28-19)12-15-6-7-16(11-17(15)27-2)29-20(21,22)23/h6-7,11,18H,3-5,8-10,12-13H2,1-2H3,(H,24,26)/t18-,19-/m1/s1. The van der Waals surface area contributed by atoms with Gasteiger partial charge in [-0.3, -0.25) is 9.69 Å². The molecule has 2 atom stereocenters. The van der Waals surface area contributed by atoms with Gasteiger partial charge in [-0.05, 0) is 18.9 Å². The topological polar surface area (TPSA) is 60.0 Å². The number of rotatable bonds is 5. The molecule has 3 rings (SSSR count). The van der Waals surface area contributed by atoms with Gasteiger partial charge in [0.05, 0.1) is 19.8 Å². The molecule has 1 aromatic carbocycles. The average Bonchev–Trinajstić information content (AvgIpc) is 2.64. The van der Waals surface area contributed by atoms with Crippen LogP contribution < -0.4 is 14.8 Å². The number of benzene rings is 1. The molecule has 1 aliphatic heterocycles. The quantitative estimate of drug-likeness (QED) is 0.799. The Morgan fingerprint density at radius 3 is 2.86 bits per heavy atom. The molecule has 1 saturated heterocycles. The number of morpholine rings is 1. The lowest BCUT2D eigenvalue weighted by Crippen LogP contribution is -2.63. The van der Waals surface area contributed by atoms with Crippen molar-refractivity contribution in [3.63, 3.8) is 0 Å². The highest BCUT2D eigenvalue weighted by molar-refractivity contribution is 5.73. The maximum Gasteiger partial charge on any atom is 0.573 e. The third-order valence-corrected chi connectivity index (χ3v) is 5.53. The lowest BCUT2D eigenvalue weighted by Gasteiger charge is -2.49. The first-order valence-corrected chi connectivity index (χ1v) is 9.77. The van der Waals surface area contributed by atoms with Crippen LogP contribution in [0.4, 0.5) is 13.2 Å². The summed E-state index contributed by atoms with van der Waals surface area (Å²) < 4.78 is 52.8. The van der Waals surface area contributed by atoms with Gasteiger partial charge < -0.3 is 19.5 Å². The summed E-state index contributed by atoms with van der Waals surface area (Å²) >= 11 is 0. The molecule has 162 valence electrons. The molecule has 1 amide bonds. The van der Waals surface area contributed by atoms with Gasteiger partial charge in [-0.1, -0.05) is 18.9 Å². The number of hydrogen-bond acceptors (Lipinski definition) is 5. The van der Waals surface area contributed by atoms with Crippen LogP contribution in [0.25, 0.3) is 0 Å². The van der Waals surface area contributed by atoms with Gasteiger partial charge in [0.2, 0.25) is 5.91 Å². The van der Waals surface area contributed by atoms with E-state index in [1.807, 2.05) is 0 Å². The van der Waals surface area contributed by atoms with Gasteiger partial charge in [0.1, 0.15) is 17.1 Å². The van der Waals surface area contributed by atoms with Gasteiger partial charge in [0.25, 0.3) is 0 Å². The molecule has 1 spiro atoms. The molecule has 6 nitrogen and oxygen atoms in total. The Hall–Kier alpha value is -2.00. The van der Waals surface area contributed by atoms with Crippen molar-refractivity contribution in [1.29, 1.82) is 0 Å². The number of carbonyl (C=O) groups is 1. The molecule has 1 aliphatic carbocycles. The molecule has 2 aliphatic rings. The largest absolute Gasteiger partial charge is 0.573 e. The van der Waals surface area contributed by atoms with Gasteiger partial charge >= 0.3 is 6.36 Å². The summed E-state index contributed by atoms with van der Waals surface area (Å²) in [6.45, 7) is 3.89. The number of nitrogens with zero attached hydrogens (tertiary/aromatic N) is 1. The monoisotopic (exact) mass is 416 g/mol. The molecule has 29 heavy (non-hydrogen) atoms. The summed E-state index contributed by atoms with van der Waals surface area (Å²) in [7, 11) is 1.42. The summed E-state index contributed by atoms with van der Waals surface area (Å²) in [6.07, 6.45) is -0.922. The van der Waals surface area contributed by atoms with Gasteiger partial charge in [-0.2, -0.15) is 0 Å². The highest BCUT2D eigenvalue weighted by Gasteiger charge is 2.45. The molecular weight excluding hydrogens is 389 g/mol. The second kappa shape index (κ2) is 8.79. The van der Waals surface area contributed by atoms with Crippen molar-refractivity contribution in [1.82, 2.24) is 10.2 Å². The minimum absolute atomic E-state index is 0.0407. The van der Waals surface area contributed by atoms with Crippen LogP contribution >= 0.6 is 0 Å². The third kappa shape index (κ3) is 5.54. The number of alkyl halides is 3. The lowest BCUT2D eigenvalue weighted by molar-refractivity contribution is -0.274. The molecule has 1 saturated carbocycles. The Labute approximate surface area is 168 Å². The highest BCUT2D eigenvalue weighted by atomic mass is 19.4. The lowest BCUT2D eigenvalue weighted by atomic mass is 9.78. The van der Waals surface area contributed by atoms with Crippen molar-refractivity contribution in [2.75, 3.05) is 26.8 Å². The Balaban J connectivity index is 1.73. The van der Waals surface area contributed by atoms with Crippen molar-refractivity contribution < 1.29 is 32.2 Å². The van der Waals surface area contributed by atoms with Gasteiger partial charge in [0, 0.05) is 38.2 Å². The van der Waals surface area contributed by atoms with E-state index in [-0.39, 0.29) is 17.7 Å². The Morgan fingerprint density at radius 2 is 2.17 bits per heavy atom. The van der Waals surface area contributed by atoms with Gasteiger partial charge in [-0.15, -0.1) is 13.2 Å². The predicted octanol–water partition coefficient (Wildman–Crippen LogP) is 3.24. The van der Waals surface area contributed by atoms with E-state index in [1.54, 1.807) is 6.07 Å². The smallest absolute Gasteiger partial charge is 0.496 e. The zero-order valence-corrected chi connectivity index (χ0v) is 16.7. The van der Waals surface area contributed by atoms with Gasteiger partial charge in [0.15, 0.2) is 0 Å². The van der Waals surface area contributed by atoms with E-state index >= 15 is 0 Å². The Morgan fingerprint density at radius 1 is 1.38 bits per heavy atom. The maximum absolute atomic E-state index is 12.5. The average molecular weight is 416 g/mol. The number of ether oxygens (including phenoxy) is 3. The van der Waals surface area contributed by atoms with E-state index in [2.05, 4.69) is 15.0 Å². The van der Waals surface area contributed by atoms with Crippen molar-refractivity contribution in [3.8, 4) is 11.5 Å². The van der Waals surface area contributed by atoms with Crippen molar-refractivity contribution in [2.45, 2.75) is 57.2 Å². The van der Waals surface area contributed by atoms with Crippen molar-refractivity contribution in [3.05, 3.63) is 23.8 Å². The SMILES string of the molecule is COc1cc(OC(F)(F)F)ccc1CN1CCO[C@]2(CCCC[C@H]2NC(C)=O)C1. The fourth-order valence-corrected chi connectivity index (χ4v) is 4.33. The number of halogens is 3. The van der Waals surface area contributed by atoms with E-state index in [9.17, 15) is 18.0 Å². The van der Waals surface area contributed by atoms with Crippen LogP contribution in [0.1, 0.15) is 38.2 Å². The number of nitrogens with one attached hydrogen (secondary N) is 1. The third-order valence-electron chi connectivity index (χ3n) is 5.53. The first kappa shape index (κ1) is 21.7. The minimum Gasteiger partial charge on any atom is -0.496 e. The number of methoxy groups -OCH3 is 1. The van der Waals surface area contributed by atoms with Crippen LogP contribution in [0.2, 0.25) is 0 Å². The fraction of sp³-hybridized carbons (Fsp3) is 0.650. The second-order valence-electron chi connectivity index (χ2n) is 7.64. The molecular formula is C20H27F3N2O4. The van der Waals surface area contributed by atoms with Gasteiger partial charge in [-0.25, -0.2) is 0 Å². The summed E-state index contributed by atoms with van der Waals surface area (Å²) in [5.41, 5.74) is 0.334. The zero-order valence-electron chi connectivity index (χ0n) is 16.7. The molecule has 0 unspecified atom stereocenters. The van der Waals surface area contributed by atoms with Crippen LogP contribution in [-0.2, 0) is 16.1 Å². The van der Waals surface area contributed by atoms with Crippen molar-refractivity contribution in [2.24, 2.45) is 0 Å². The second-order valence-corrected chi connectivity index (χ2v) is 7.64. The molecule has 2 fully saturated rings. The summed E-state index contributed by atoms with van der Waals surface area (Å²) in [6, 6.07) is 4.09. The zero-order chi connectivity index (χ0) is 21.1. The Kier molecular flexibility index (Phi) is 6.58.